The van der Waals surface area contributed by atoms with Gasteiger partial charge in [0.15, 0.2) is 0 Å². The maximum absolute atomic E-state index is 13.2. The monoisotopic (exact) mass is 286 g/mol. The van der Waals surface area contributed by atoms with Gasteiger partial charge in [-0.1, -0.05) is 0 Å². The standard InChI is InChI=1S/C14H16F2O4/c1-3-19-13(17)8-12(14(18)20-4-2)9-5-10(15)7-11(16)6-9/h5-7,12H,3-4,8H2,1-2H3. The summed E-state index contributed by atoms with van der Waals surface area (Å²) in [6, 6.07) is 2.70. The Labute approximate surface area is 115 Å². The average Bonchev–Trinajstić information content (AvgIpc) is 2.35. The molecule has 0 radical (unpaired) electrons. The zero-order chi connectivity index (χ0) is 15.1. The Morgan fingerprint density at radius 3 is 2.10 bits per heavy atom. The van der Waals surface area contributed by atoms with Crippen LogP contribution in [0.2, 0.25) is 0 Å². The highest BCUT2D eigenvalue weighted by molar-refractivity contribution is 5.84. The Kier molecular flexibility index (Phi) is 6.09. The highest BCUT2D eigenvalue weighted by Crippen LogP contribution is 2.24. The molecule has 0 saturated carbocycles. The lowest BCUT2D eigenvalue weighted by Crippen LogP contribution is -2.21. The fourth-order valence-corrected chi connectivity index (χ4v) is 1.74. The third-order valence-corrected chi connectivity index (χ3v) is 2.53. The largest absolute Gasteiger partial charge is 0.466 e. The third kappa shape index (κ3) is 4.60. The minimum Gasteiger partial charge on any atom is -0.466 e. The Hall–Kier alpha value is -1.98. The molecule has 0 bridgehead atoms. The molecule has 0 aliphatic carbocycles. The van der Waals surface area contributed by atoms with Crippen LogP contribution in [0.5, 0.6) is 0 Å². The summed E-state index contributed by atoms with van der Waals surface area (Å²) in [5.74, 6) is -4.07. The molecule has 1 aromatic carbocycles. The van der Waals surface area contributed by atoms with Crippen LogP contribution in [-0.4, -0.2) is 25.2 Å². The lowest BCUT2D eigenvalue weighted by atomic mass is 9.95. The van der Waals surface area contributed by atoms with Gasteiger partial charge in [-0.3, -0.25) is 9.59 Å². The van der Waals surface area contributed by atoms with Gasteiger partial charge in [0, 0.05) is 6.07 Å². The summed E-state index contributed by atoms with van der Waals surface area (Å²) in [6.07, 6.45) is -0.324. The van der Waals surface area contributed by atoms with Crippen molar-refractivity contribution in [3.8, 4) is 0 Å². The number of hydrogen-bond donors (Lipinski definition) is 0. The van der Waals surface area contributed by atoms with E-state index >= 15 is 0 Å². The van der Waals surface area contributed by atoms with E-state index in [1.807, 2.05) is 0 Å². The number of esters is 2. The van der Waals surface area contributed by atoms with Gasteiger partial charge < -0.3 is 9.47 Å². The van der Waals surface area contributed by atoms with Gasteiger partial charge in [-0.05, 0) is 31.5 Å². The quantitative estimate of drug-likeness (QED) is 0.754. The van der Waals surface area contributed by atoms with Crippen molar-refractivity contribution >= 4 is 11.9 Å². The number of halogens is 2. The van der Waals surface area contributed by atoms with E-state index in [9.17, 15) is 18.4 Å². The molecular formula is C14H16F2O4. The van der Waals surface area contributed by atoms with Crippen LogP contribution in [0.25, 0.3) is 0 Å². The summed E-state index contributed by atoms with van der Waals surface area (Å²) in [7, 11) is 0. The number of benzene rings is 1. The zero-order valence-electron chi connectivity index (χ0n) is 11.3. The molecule has 0 aliphatic rings. The Bertz CT molecular complexity index is 468. The normalized spacial score (nSPS) is 11.8. The summed E-state index contributed by atoms with van der Waals surface area (Å²) in [4.78, 5) is 23.3. The van der Waals surface area contributed by atoms with Crippen molar-refractivity contribution in [3.63, 3.8) is 0 Å². The highest BCUT2D eigenvalue weighted by atomic mass is 19.1. The van der Waals surface area contributed by atoms with Gasteiger partial charge in [0.05, 0.1) is 25.6 Å². The van der Waals surface area contributed by atoms with E-state index in [-0.39, 0.29) is 25.2 Å². The first-order valence-corrected chi connectivity index (χ1v) is 6.26. The van der Waals surface area contributed by atoms with Crippen LogP contribution < -0.4 is 0 Å². The van der Waals surface area contributed by atoms with Crippen molar-refractivity contribution < 1.29 is 27.8 Å². The second-order valence-electron chi connectivity index (χ2n) is 4.02. The number of hydrogen-bond acceptors (Lipinski definition) is 4. The van der Waals surface area contributed by atoms with Crippen molar-refractivity contribution in [1.29, 1.82) is 0 Å². The van der Waals surface area contributed by atoms with Crippen LogP contribution in [0.15, 0.2) is 18.2 Å². The first-order chi connectivity index (χ1) is 9.47. The van der Waals surface area contributed by atoms with Crippen LogP contribution in [0.3, 0.4) is 0 Å². The number of rotatable bonds is 6. The predicted molar refractivity (Wildman–Crippen MR) is 67.0 cm³/mol. The summed E-state index contributed by atoms with van der Waals surface area (Å²) in [5.41, 5.74) is 0.0500. The van der Waals surface area contributed by atoms with Gasteiger partial charge >= 0.3 is 11.9 Å². The van der Waals surface area contributed by atoms with E-state index in [1.54, 1.807) is 13.8 Å². The number of carbonyl (C=O) groups excluding carboxylic acids is 2. The molecule has 0 amide bonds. The summed E-state index contributed by atoms with van der Waals surface area (Å²) in [5, 5.41) is 0. The first kappa shape index (κ1) is 16.1. The van der Waals surface area contributed by atoms with Gasteiger partial charge in [-0.15, -0.1) is 0 Å². The molecule has 0 N–H and O–H groups in total. The van der Waals surface area contributed by atoms with Gasteiger partial charge in [0.25, 0.3) is 0 Å². The van der Waals surface area contributed by atoms with E-state index in [2.05, 4.69) is 0 Å². The van der Waals surface area contributed by atoms with Crippen LogP contribution in [0.1, 0.15) is 31.7 Å². The van der Waals surface area contributed by atoms with Crippen LogP contribution in [0.4, 0.5) is 8.78 Å². The fourth-order valence-electron chi connectivity index (χ4n) is 1.74. The molecule has 0 aliphatic heterocycles. The van der Waals surface area contributed by atoms with Gasteiger partial charge in [-0.2, -0.15) is 0 Å². The van der Waals surface area contributed by atoms with E-state index in [0.717, 1.165) is 12.1 Å². The summed E-state index contributed by atoms with van der Waals surface area (Å²) >= 11 is 0. The van der Waals surface area contributed by atoms with Crippen LogP contribution in [0, 0.1) is 11.6 Å². The molecule has 1 unspecified atom stereocenters. The average molecular weight is 286 g/mol. The zero-order valence-corrected chi connectivity index (χ0v) is 11.3. The van der Waals surface area contributed by atoms with Gasteiger partial charge in [-0.25, -0.2) is 8.78 Å². The van der Waals surface area contributed by atoms with Crippen molar-refractivity contribution in [2.45, 2.75) is 26.2 Å². The molecular weight excluding hydrogens is 270 g/mol. The van der Waals surface area contributed by atoms with Crippen LogP contribution in [-0.2, 0) is 19.1 Å². The molecule has 1 atom stereocenters. The molecule has 0 saturated heterocycles. The molecule has 6 heteroatoms. The molecule has 0 fully saturated rings. The molecule has 0 heterocycles. The number of ether oxygens (including phenoxy) is 2. The lowest BCUT2D eigenvalue weighted by Gasteiger charge is -2.15. The molecule has 0 spiro atoms. The maximum Gasteiger partial charge on any atom is 0.314 e. The molecule has 1 aromatic rings. The smallest absolute Gasteiger partial charge is 0.314 e. The van der Waals surface area contributed by atoms with Crippen molar-refractivity contribution in [1.82, 2.24) is 0 Å². The molecule has 4 nitrogen and oxygen atoms in total. The van der Waals surface area contributed by atoms with E-state index in [1.165, 1.54) is 0 Å². The summed E-state index contributed by atoms with van der Waals surface area (Å²) in [6.45, 7) is 3.49. The fraction of sp³-hybridized carbons (Fsp3) is 0.429. The highest BCUT2D eigenvalue weighted by Gasteiger charge is 2.26. The summed E-state index contributed by atoms with van der Waals surface area (Å²) < 4.78 is 36.0. The Balaban J connectivity index is 3.02. The maximum atomic E-state index is 13.2. The minimum absolute atomic E-state index is 0.0500. The van der Waals surface area contributed by atoms with E-state index in [4.69, 9.17) is 9.47 Å². The Morgan fingerprint density at radius 2 is 1.60 bits per heavy atom. The van der Waals surface area contributed by atoms with Gasteiger partial charge in [0.2, 0.25) is 0 Å². The molecule has 1 rings (SSSR count). The van der Waals surface area contributed by atoms with E-state index < -0.39 is 29.5 Å². The number of carbonyl (C=O) groups is 2. The Morgan fingerprint density at radius 1 is 1.05 bits per heavy atom. The third-order valence-electron chi connectivity index (χ3n) is 2.53. The van der Waals surface area contributed by atoms with Crippen molar-refractivity contribution in [2.75, 3.05) is 13.2 Å². The van der Waals surface area contributed by atoms with Crippen molar-refractivity contribution in [2.24, 2.45) is 0 Å². The SMILES string of the molecule is CCOC(=O)CC(C(=O)OCC)c1cc(F)cc(F)c1. The topological polar surface area (TPSA) is 52.6 Å². The second-order valence-corrected chi connectivity index (χ2v) is 4.02. The first-order valence-electron chi connectivity index (χ1n) is 6.26. The van der Waals surface area contributed by atoms with Crippen LogP contribution >= 0.6 is 0 Å². The lowest BCUT2D eigenvalue weighted by molar-refractivity contribution is -0.151. The van der Waals surface area contributed by atoms with Crippen molar-refractivity contribution in [3.05, 3.63) is 35.4 Å². The second kappa shape index (κ2) is 7.57. The minimum atomic E-state index is -1.08. The van der Waals surface area contributed by atoms with Gasteiger partial charge in [0.1, 0.15) is 11.6 Å². The van der Waals surface area contributed by atoms with E-state index in [0.29, 0.717) is 6.07 Å². The molecule has 0 aromatic heterocycles. The predicted octanol–water partition coefficient (Wildman–Crippen LogP) is 2.56. The molecule has 20 heavy (non-hydrogen) atoms. The molecule has 110 valence electrons.